The van der Waals surface area contributed by atoms with Gasteiger partial charge < -0.3 is 10.2 Å². The fourth-order valence-electron chi connectivity index (χ4n) is 3.02. The summed E-state index contributed by atoms with van der Waals surface area (Å²) >= 11 is 0. The summed E-state index contributed by atoms with van der Waals surface area (Å²) in [6, 6.07) is 0. The molecule has 0 radical (unpaired) electrons. The first-order valence-corrected chi connectivity index (χ1v) is 7.05. The summed E-state index contributed by atoms with van der Waals surface area (Å²) in [5, 5.41) is 3.34. The van der Waals surface area contributed by atoms with Gasteiger partial charge in [0.25, 0.3) is 0 Å². The maximum absolute atomic E-state index is 12.5. The van der Waals surface area contributed by atoms with Gasteiger partial charge in [-0.3, -0.25) is 0 Å². The molecular weight excluding hydrogens is 277 g/mol. The summed E-state index contributed by atoms with van der Waals surface area (Å²) in [4.78, 5) is 2.21. The van der Waals surface area contributed by atoms with Crippen LogP contribution in [0.25, 0.3) is 0 Å². The van der Waals surface area contributed by atoms with Crippen molar-refractivity contribution < 1.29 is 13.2 Å². The first-order valence-electron chi connectivity index (χ1n) is 7.05. The number of nitrogens with zero attached hydrogens (tertiary/aromatic N) is 1. The van der Waals surface area contributed by atoms with E-state index in [1.54, 1.807) is 0 Å². The number of piperidine rings is 2. The largest absolute Gasteiger partial charge is 0.391 e. The number of hydrogen-bond donors (Lipinski definition) is 1. The predicted octanol–water partition coefficient (Wildman–Crippen LogP) is 3.07. The molecule has 19 heavy (non-hydrogen) atoms. The van der Waals surface area contributed by atoms with E-state index in [1.165, 1.54) is 12.8 Å². The number of hydrogen-bond acceptors (Lipinski definition) is 2. The molecule has 2 nitrogen and oxygen atoms in total. The molecule has 0 spiro atoms. The van der Waals surface area contributed by atoms with Gasteiger partial charge in [0.2, 0.25) is 0 Å². The molecule has 0 aromatic carbocycles. The maximum Gasteiger partial charge on any atom is 0.391 e. The topological polar surface area (TPSA) is 15.3 Å². The van der Waals surface area contributed by atoms with Crippen LogP contribution in [0.2, 0.25) is 0 Å². The third-order valence-corrected chi connectivity index (χ3v) is 4.36. The summed E-state index contributed by atoms with van der Waals surface area (Å²) in [5.74, 6) is -0.292. The van der Waals surface area contributed by atoms with Gasteiger partial charge in [-0.05, 0) is 70.7 Å². The Kier molecular flexibility index (Phi) is 6.91. The number of halogens is 4. The van der Waals surface area contributed by atoms with Crippen LogP contribution in [0.5, 0.6) is 0 Å². The Morgan fingerprint density at radius 2 is 1.58 bits per heavy atom. The van der Waals surface area contributed by atoms with Gasteiger partial charge >= 0.3 is 6.18 Å². The van der Waals surface area contributed by atoms with E-state index >= 15 is 0 Å². The molecule has 1 N–H and O–H groups in total. The third-order valence-electron chi connectivity index (χ3n) is 4.36. The molecule has 0 bridgehead atoms. The molecule has 0 saturated carbocycles. The number of likely N-dealkylation sites (tertiary alicyclic amines) is 1. The molecule has 2 fully saturated rings. The van der Waals surface area contributed by atoms with Crippen LogP contribution in [0, 0.1) is 11.8 Å². The summed E-state index contributed by atoms with van der Waals surface area (Å²) in [6.45, 7) is 4.42. The van der Waals surface area contributed by atoms with Crippen molar-refractivity contribution in [3.63, 3.8) is 0 Å². The van der Waals surface area contributed by atoms with Gasteiger partial charge in [0.05, 0.1) is 5.92 Å². The second kappa shape index (κ2) is 7.70. The first-order chi connectivity index (χ1) is 8.55. The van der Waals surface area contributed by atoms with E-state index in [4.69, 9.17) is 0 Å². The summed E-state index contributed by atoms with van der Waals surface area (Å²) in [5.41, 5.74) is 0. The zero-order chi connectivity index (χ0) is 13.0. The van der Waals surface area contributed by atoms with Gasteiger partial charge in [-0.2, -0.15) is 13.2 Å². The fourth-order valence-corrected chi connectivity index (χ4v) is 3.02. The fraction of sp³-hybridized carbons (Fsp3) is 1.00. The molecule has 0 aromatic rings. The lowest BCUT2D eigenvalue weighted by atomic mass is 9.93. The van der Waals surface area contributed by atoms with Crippen molar-refractivity contribution in [2.45, 2.75) is 38.3 Å². The van der Waals surface area contributed by atoms with E-state index < -0.39 is 12.1 Å². The monoisotopic (exact) mass is 300 g/mol. The van der Waals surface area contributed by atoms with Crippen molar-refractivity contribution in [1.82, 2.24) is 10.2 Å². The molecule has 0 aromatic heterocycles. The molecule has 114 valence electrons. The Hall–Kier alpha value is -0.0000000000000000416. The molecule has 2 heterocycles. The van der Waals surface area contributed by atoms with E-state index in [0.29, 0.717) is 13.1 Å². The second-order valence-corrected chi connectivity index (χ2v) is 5.64. The van der Waals surface area contributed by atoms with Crippen LogP contribution < -0.4 is 5.32 Å². The summed E-state index contributed by atoms with van der Waals surface area (Å²) in [6.07, 6.45) is 0.184. The van der Waals surface area contributed by atoms with Crippen molar-refractivity contribution >= 4 is 12.4 Å². The minimum absolute atomic E-state index is 0. The predicted molar refractivity (Wildman–Crippen MR) is 72.7 cm³/mol. The maximum atomic E-state index is 12.5. The van der Waals surface area contributed by atoms with Crippen LogP contribution in [0.4, 0.5) is 13.2 Å². The molecule has 0 aliphatic carbocycles. The molecule has 2 rings (SSSR count). The van der Waals surface area contributed by atoms with Crippen molar-refractivity contribution in [1.29, 1.82) is 0 Å². The number of nitrogens with one attached hydrogen (secondary N) is 1. The van der Waals surface area contributed by atoms with E-state index in [0.717, 1.165) is 32.0 Å². The molecule has 0 amide bonds. The van der Waals surface area contributed by atoms with Crippen LogP contribution in [-0.4, -0.2) is 43.8 Å². The minimum atomic E-state index is -3.98. The van der Waals surface area contributed by atoms with Gasteiger partial charge in [-0.1, -0.05) is 0 Å². The lowest BCUT2D eigenvalue weighted by molar-refractivity contribution is -0.185. The van der Waals surface area contributed by atoms with E-state index in [1.807, 2.05) is 0 Å². The van der Waals surface area contributed by atoms with E-state index in [-0.39, 0.29) is 25.2 Å². The van der Waals surface area contributed by atoms with Crippen LogP contribution >= 0.6 is 12.4 Å². The molecule has 2 saturated heterocycles. The quantitative estimate of drug-likeness (QED) is 0.862. The van der Waals surface area contributed by atoms with Gasteiger partial charge in [0.1, 0.15) is 0 Å². The standard InChI is InChI=1S/C13H23F3N2.ClH/c14-13(15,16)12-4-9-18(10-5-12)8-3-11-1-6-17-7-2-11;/h11-12,17H,1-10H2;1H. The Bertz CT molecular complexity index is 247. The minimum Gasteiger partial charge on any atom is -0.317 e. The zero-order valence-corrected chi connectivity index (χ0v) is 12.0. The number of alkyl halides is 3. The summed E-state index contributed by atoms with van der Waals surface area (Å²) in [7, 11) is 0. The average Bonchev–Trinajstić information content (AvgIpc) is 2.37. The molecule has 2 aliphatic rings. The Morgan fingerprint density at radius 3 is 2.11 bits per heavy atom. The van der Waals surface area contributed by atoms with Gasteiger partial charge in [-0.25, -0.2) is 0 Å². The Labute approximate surface area is 119 Å². The van der Waals surface area contributed by atoms with Crippen LogP contribution in [0.1, 0.15) is 32.1 Å². The normalized spacial score (nSPS) is 24.2. The Morgan fingerprint density at radius 1 is 1.00 bits per heavy atom. The Balaban J connectivity index is 0.00000180. The molecule has 0 unspecified atom stereocenters. The van der Waals surface area contributed by atoms with Crippen LogP contribution in [0.3, 0.4) is 0 Å². The zero-order valence-electron chi connectivity index (χ0n) is 11.2. The molecule has 2 aliphatic heterocycles. The first kappa shape index (κ1) is 17.1. The second-order valence-electron chi connectivity index (χ2n) is 5.64. The molecular formula is C13H24ClF3N2. The SMILES string of the molecule is Cl.FC(F)(F)C1CCN(CCC2CCNCC2)CC1. The highest BCUT2D eigenvalue weighted by Gasteiger charge is 2.40. The number of rotatable bonds is 3. The third kappa shape index (κ3) is 5.48. The van der Waals surface area contributed by atoms with Crippen LogP contribution in [0.15, 0.2) is 0 Å². The highest BCUT2D eigenvalue weighted by molar-refractivity contribution is 5.85. The summed E-state index contributed by atoms with van der Waals surface area (Å²) < 4.78 is 37.6. The smallest absolute Gasteiger partial charge is 0.317 e. The van der Waals surface area contributed by atoms with Crippen LogP contribution in [-0.2, 0) is 0 Å². The van der Waals surface area contributed by atoms with E-state index in [2.05, 4.69) is 10.2 Å². The molecule has 6 heteroatoms. The van der Waals surface area contributed by atoms with Crippen molar-refractivity contribution in [2.24, 2.45) is 11.8 Å². The van der Waals surface area contributed by atoms with Crippen molar-refractivity contribution in [2.75, 3.05) is 32.7 Å². The van der Waals surface area contributed by atoms with Gasteiger partial charge in [0.15, 0.2) is 0 Å². The van der Waals surface area contributed by atoms with E-state index in [9.17, 15) is 13.2 Å². The lowest BCUT2D eigenvalue weighted by Gasteiger charge is -2.34. The molecule has 0 atom stereocenters. The van der Waals surface area contributed by atoms with Crippen molar-refractivity contribution in [3.8, 4) is 0 Å². The van der Waals surface area contributed by atoms with Crippen molar-refractivity contribution in [3.05, 3.63) is 0 Å². The lowest BCUT2D eigenvalue weighted by Crippen LogP contribution is -2.40. The highest BCUT2D eigenvalue weighted by Crippen LogP contribution is 2.34. The average molecular weight is 301 g/mol. The van der Waals surface area contributed by atoms with Gasteiger partial charge in [0, 0.05) is 0 Å². The highest BCUT2D eigenvalue weighted by atomic mass is 35.5. The van der Waals surface area contributed by atoms with Gasteiger partial charge in [-0.15, -0.1) is 12.4 Å².